The first-order chi connectivity index (χ1) is 9.51. The molecule has 0 aliphatic carbocycles. The number of halogens is 1. The minimum atomic E-state index is -0.831. The number of hydrazine groups is 1. The fraction of sp³-hybridized carbons (Fsp3) is 0.200. The minimum Gasteiger partial charge on any atom is -0.308 e. The van der Waals surface area contributed by atoms with Crippen molar-refractivity contribution in [3.05, 3.63) is 43.6 Å². The van der Waals surface area contributed by atoms with E-state index >= 15 is 0 Å². The van der Waals surface area contributed by atoms with E-state index in [1.54, 1.807) is 19.2 Å². The number of aryl methyl sites for hydroxylation is 1. The van der Waals surface area contributed by atoms with Crippen LogP contribution in [0, 0.1) is 0 Å². The quantitative estimate of drug-likeness (QED) is 0.317. The van der Waals surface area contributed by atoms with Crippen LogP contribution in [-0.2, 0) is 12.8 Å². The number of pyridine rings is 1. The smallest absolute Gasteiger partial charge is 0.308 e. The van der Waals surface area contributed by atoms with Gasteiger partial charge in [-0.3, -0.25) is 19.4 Å². The van der Waals surface area contributed by atoms with E-state index in [9.17, 15) is 9.59 Å². The molecule has 0 amide bonds. The summed E-state index contributed by atoms with van der Waals surface area (Å²) in [6.07, 6.45) is 0. The van der Waals surface area contributed by atoms with E-state index in [0.29, 0.717) is 27.4 Å². The lowest BCUT2D eigenvalue weighted by molar-refractivity contribution is 0.596. The van der Waals surface area contributed by atoms with Crippen LogP contribution < -0.4 is 22.4 Å². The van der Waals surface area contributed by atoms with Crippen LogP contribution in [0.1, 0.15) is 5.69 Å². The maximum atomic E-state index is 11.2. The fourth-order valence-electron chi connectivity index (χ4n) is 1.39. The van der Waals surface area contributed by atoms with E-state index in [-0.39, 0.29) is 0 Å². The second-order valence-corrected chi connectivity index (χ2v) is 5.11. The molecule has 4 N–H and O–H groups in total. The van der Waals surface area contributed by atoms with Gasteiger partial charge in [0.1, 0.15) is 5.82 Å². The summed E-state index contributed by atoms with van der Waals surface area (Å²) in [4.78, 5) is 30.2. The average Bonchev–Trinajstić information content (AvgIpc) is 2.43. The van der Waals surface area contributed by atoms with Crippen LogP contribution in [0.4, 0.5) is 5.82 Å². The number of hydrogen-bond acceptors (Lipinski definition) is 7. The normalized spacial score (nSPS) is 10.6. The topological polar surface area (TPSA) is 119 Å². The van der Waals surface area contributed by atoms with E-state index < -0.39 is 11.1 Å². The minimum absolute atomic E-state index is 0.360. The van der Waals surface area contributed by atoms with E-state index in [1.165, 1.54) is 16.4 Å². The van der Waals surface area contributed by atoms with Crippen LogP contribution in [0.2, 0.25) is 5.02 Å². The molecule has 10 heteroatoms. The predicted molar refractivity (Wildman–Crippen MR) is 76.7 cm³/mol. The Kier molecular flexibility index (Phi) is 4.42. The number of thioether (sulfide) groups is 1. The number of nitrogen functional groups attached to an aromatic ring is 1. The molecular weight excluding hydrogens is 304 g/mol. The largest absolute Gasteiger partial charge is 0.339 e. The van der Waals surface area contributed by atoms with Gasteiger partial charge in [0.05, 0.1) is 10.7 Å². The summed E-state index contributed by atoms with van der Waals surface area (Å²) in [6, 6.07) is 3.31. The Morgan fingerprint density at radius 2 is 2.20 bits per heavy atom. The summed E-state index contributed by atoms with van der Waals surface area (Å²) in [5.41, 5.74) is 1.42. The molecule has 2 heterocycles. The molecule has 0 saturated heterocycles. The Morgan fingerprint density at radius 1 is 1.45 bits per heavy atom. The van der Waals surface area contributed by atoms with Gasteiger partial charge in [0.15, 0.2) is 5.16 Å². The molecule has 8 nitrogen and oxygen atoms in total. The third-order valence-corrected chi connectivity index (χ3v) is 3.74. The molecule has 0 aromatic carbocycles. The molecule has 0 radical (unpaired) electrons. The zero-order chi connectivity index (χ0) is 14.7. The lowest BCUT2D eigenvalue weighted by Gasteiger charge is -2.07. The van der Waals surface area contributed by atoms with Gasteiger partial charge in [-0.15, -0.1) is 0 Å². The van der Waals surface area contributed by atoms with Crippen molar-refractivity contribution in [2.75, 3.05) is 5.43 Å². The van der Waals surface area contributed by atoms with E-state index in [1.807, 2.05) is 0 Å². The third-order valence-electron chi connectivity index (χ3n) is 2.35. The molecule has 0 atom stereocenters. The van der Waals surface area contributed by atoms with Crippen LogP contribution in [0.15, 0.2) is 26.9 Å². The Balaban J connectivity index is 2.23. The van der Waals surface area contributed by atoms with Gasteiger partial charge in [0.25, 0.3) is 0 Å². The first-order valence-electron chi connectivity index (χ1n) is 5.43. The predicted octanol–water partition coefficient (Wildman–Crippen LogP) is 0.0949. The van der Waals surface area contributed by atoms with Crippen LogP contribution in [0.3, 0.4) is 0 Å². The molecule has 106 valence electrons. The van der Waals surface area contributed by atoms with E-state index in [0.717, 1.165) is 0 Å². The van der Waals surface area contributed by atoms with Crippen LogP contribution in [0.25, 0.3) is 0 Å². The van der Waals surface area contributed by atoms with Crippen LogP contribution in [-0.4, -0.2) is 19.7 Å². The number of hydrogen-bond donors (Lipinski definition) is 3. The summed E-state index contributed by atoms with van der Waals surface area (Å²) in [6.45, 7) is 0. The zero-order valence-electron chi connectivity index (χ0n) is 10.4. The van der Waals surface area contributed by atoms with Crippen molar-refractivity contribution < 1.29 is 0 Å². The number of aromatic nitrogens is 4. The summed E-state index contributed by atoms with van der Waals surface area (Å²) in [7, 11) is 1.59. The van der Waals surface area contributed by atoms with Crippen LogP contribution >= 0.6 is 23.4 Å². The Labute approximate surface area is 122 Å². The van der Waals surface area contributed by atoms with Crippen molar-refractivity contribution in [1.82, 2.24) is 19.7 Å². The monoisotopic (exact) mass is 314 g/mol. The lowest BCUT2D eigenvalue weighted by atomic mass is 10.4. The lowest BCUT2D eigenvalue weighted by Crippen LogP contribution is -2.33. The molecule has 0 fully saturated rings. The van der Waals surface area contributed by atoms with Gasteiger partial charge >= 0.3 is 11.1 Å². The highest BCUT2D eigenvalue weighted by molar-refractivity contribution is 7.98. The van der Waals surface area contributed by atoms with Crippen LogP contribution in [0.5, 0.6) is 0 Å². The Morgan fingerprint density at radius 3 is 2.90 bits per heavy atom. The maximum absolute atomic E-state index is 11.2. The Bertz CT molecular complexity index is 743. The van der Waals surface area contributed by atoms with Gasteiger partial charge in [-0.2, -0.15) is 4.98 Å². The summed E-state index contributed by atoms with van der Waals surface area (Å²) >= 11 is 7.25. The fourth-order valence-corrected chi connectivity index (χ4v) is 2.51. The number of H-pyrrole nitrogens is 1. The van der Waals surface area contributed by atoms with Crippen molar-refractivity contribution in [2.45, 2.75) is 10.9 Å². The molecule has 2 rings (SSSR count). The van der Waals surface area contributed by atoms with Crippen molar-refractivity contribution in [3.8, 4) is 0 Å². The highest BCUT2D eigenvalue weighted by Gasteiger charge is 2.08. The van der Waals surface area contributed by atoms with Gasteiger partial charge in [-0.05, 0) is 12.1 Å². The number of anilines is 1. The van der Waals surface area contributed by atoms with E-state index in [2.05, 4.69) is 20.5 Å². The molecule has 0 unspecified atom stereocenters. The zero-order valence-corrected chi connectivity index (χ0v) is 12.0. The van der Waals surface area contributed by atoms with Crippen molar-refractivity contribution in [3.63, 3.8) is 0 Å². The molecule has 0 bridgehead atoms. The molecule has 20 heavy (non-hydrogen) atoms. The molecule has 2 aromatic heterocycles. The summed E-state index contributed by atoms with van der Waals surface area (Å²) in [5.74, 6) is 6.13. The molecule has 0 spiro atoms. The standard InChI is InChI=1S/C10H11ClN6O2S/c1-17-10(14-8(18)9(19)16-17)20-4-6-5(11)2-3-7(13-6)15-12/h2-3H,4,12H2,1H3,(H,13,15)(H,16,19). The average molecular weight is 315 g/mol. The number of aromatic amines is 1. The number of nitrogens with one attached hydrogen (secondary N) is 2. The van der Waals surface area contributed by atoms with Gasteiger partial charge in [0.2, 0.25) is 0 Å². The first kappa shape index (κ1) is 14.6. The number of rotatable bonds is 4. The van der Waals surface area contributed by atoms with Gasteiger partial charge < -0.3 is 5.43 Å². The summed E-state index contributed by atoms with van der Waals surface area (Å²) in [5, 5.41) is 3.20. The first-order valence-corrected chi connectivity index (χ1v) is 6.80. The maximum Gasteiger partial charge on any atom is 0.339 e. The molecule has 0 aliphatic rings. The van der Waals surface area contributed by atoms with E-state index in [4.69, 9.17) is 17.4 Å². The van der Waals surface area contributed by atoms with Gasteiger partial charge in [-0.1, -0.05) is 23.4 Å². The third kappa shape index (κ3) is 3.18. The number of nitrogens with zero attached hydrogens (tertiary/aromatic N) is 3. The second-order valence-electron chi connectivity index (χ2n) is 3.76. The molecular formula is C10H11ClN6O2S. The highest BCUT2D eigenvalue weighted by Crippen LogP contribution is 2.24. The Hall–Kier alpha value is -1.84. The van der Waals surface area contributed by atoms with Gasteiger partial charge in [-0.25, -0.2) is 10.8 Å². The molecule has 2 aromatic rings. The summed E-state index contributed by atoms with van der Waals surface area (Å²) < 4.78 is 1.37. The number of nitrogens with two attached hydrogens (primary N) is 1. The molecule has 0 saturated carbocycles. The van der Waals surface area contributed by atoms with Crippen molar-refractivity contribution in [2.24, 2.45) is 12.9 Å². The second kappa shape index (κ2) is 6.07. The van der Waals surface area contributed by atoms with Crippen molar-refractivity contribution in [1.29, 1.82) is 0 Å². The van der Waals surface area contributed by atoms with Gasteiger partial charge in [0, 0.05) is 12.8 Å². The highest BCUT2D eigenvalue weighted by atomic mass is 35.5. The SMILES string of the molecule is Cn1[nH]c(=O)c(=O)nc1SCc1nc(NN)ccc1Cl. The van der Waals surface area contributed by atoms with Crippen molar-refractivity contribution >= 4 is 29.2 Å². The molecule has 0 aliphatic heterocycles.